The highest BCUT2D eigenvalue weighted by Gasteiger charge is 2.17. The van der Waals surface area contributed by atoms with E-state index in [0.29, 0.717) is 28.4 Å². The Kier molecular flexibility index (Phi) is 4.38. The van der Waals surface area contributed by atoms with Gasteiger partial charge in [0.2, 0.25) is 0 Å². The van der Waals surface area contributed by atoms with Gasteiger partial charge >= 0.3 is 0 Å². The highest BCUT2D eigenvalue weighted by atomic mass is 16.6. The first kappa shape index (κ1) is 18.4. The lowest BCUT2D eigenvalue weighted by atomic mass is 10.1. The summed E-state index contributed by atoms with van der Waals surface area (Å²) in [6.07, 6.45) is 2.99. The minimum absolute atomic E-state index is 0.124. The number of aryl methyl sites for hydroxylation is 1. The van der Waals surface area contributed by atoms with Crippen molar-refractivity contribution in [1.29, 1.82) is 0 Å². The Morgan fingerprint density at radius 1 is 1.17 bits per heavy atom. The van der Waals surface area contributed by atoms with Crippen molar-refractivity contribution in [3.8, 4) is 17.3 Å². The van der Waals surface area contributed by atoms with Crippen molar-refractivity contribution >= 4 is 16.6 Å². The smallest absolute Gasteiger partial charge is 0.273 e. The first-order chi connectivity index (χ1) is 13.9. The van der Waals surface area contributed by atoms with Crippen molar-refractivity contribution in [3.63, 3.8) is 0 Å². The molecule has 0 atom stereocenters. The normalized spacial score (nSPS) is 11.3. The molecule has 4 aromatic rings. The van der Waals surface area contributed by atoms with E-state index in [-0.39, 0.29) is 17.1 Å². The predicted molar refractivity (Wildman–Crippen MR) is 106 cm³/mol. The quantitative estimate of drug-likeness (QED) is 0.387. The van der Waals surface area contributed by atoms with Crippen LogP contribution in [0.2, 0.25) is 0 Å². The number of nitrogens with zero attached hydrogens (tertiary/aromatic N) is 7. The molecular formula is C19H17N7O3. The molecule has 3 aromatic heterocycles. The molecule has 0 aliphatic carbocycles. The summed E-state index contributed by atoms with van der Waals surface area (Å²) in [7, 11) is 0. The van der Waals surface area contributed by atoms with Gasteiger partial charge in [-0.25, -0.2) is 9.97 Å². The number of hydrogen-bond donors (Lipinski definition) is 0. The van der Waals surface area contributed by atoms with Crippen LogP contribution in [-0.4, -0.2) is 34.2 Å². The molecule has 146 valence electrons. The molecule has 0 unspecified atom stereocenters. The van der Waals surface area contributed by atoms with Crippen LogP contribution in [0.15, 0.2) is 47.8 Å². The molecule has 1 aromatic carbocycles. The Morgan fingerprint density at radius 2 is 1.97 bits per heavy atom. The van der Waals surface area contributed by atoms with E-state index >= 15 is 0 Å². The van der Waals surface area contributed by atoms with E-state index in [1.54, 1.807) is 31.5 Å². The summed E-state index contributed by atoms with van der Waals surface area (Å²) in [5, 5.41) is 19.5. The zero-order chi connectivity index (χ0) is 20.7. The maximum Gasteiger partial charge on any atom is 0.273 e. The van der Waals surface area contributed by atoms with Crippen LogP contribution in [0, 0.1) is 17.0 Å². The minimum Gasteiger partial charge on any atom is -0.310 e. The second-order valence-electron chi connectivity index (χ2n) is 6.87. The molecule has 0 fully saturated rings. The standard InChI is InChI=1S/C19H17N7O3/c1-11(2)24-10-21-23-18(24)14-5-4-6-17(22-14)25-9-20-15-7-12(3)16(26(28)29)8-13(15)19(25)27/h4-11H,1-3H3. The molecule has 29 heavy (non-hydrogen) atoms. The summed E-state index contributed by atoms with van der Waals surface area (Å²) in [5.74, 6) is 0.915. The van der Waals surface area contributed by atoms with E-state index in [1.165, 1.54) is 23.0 Å². The lowest BCUT2D eigenvalue weighted by molar-refractivity contribution is -0.385. The van der Waals surface area contributed by atoms with Crippen LogP contribution in [0.25, 0.3) is 28.2 Å². The van der Waals surface area contributed by atoms with Crippen molar-refractivity contribution in [2.24, 2.45) is 0 Å². The monoisotopic (exact) mass is 391 g/mol. The van der Waals surface area contributed by atoms with E-state index in [9.17, 15) is 14.9 Å². The predicted octanol–water partition coefficient (Wildman–Crippen LogP) is 2.84. The topological polar surface area (TPSA) is 122 Å². The Hall–Kier alpha value is -3.95. The van der Waals surface area contributed by atoms with E-state index in [1.807, 2.05) is 18.4 Å². The fourth-order valence-electron chi connectivity index (χ4n) is 3.11. The lowest BCUT2D eigenvalue weighted by Crippen LogP contribution is -2.20. The fourth-order valence-corrected chi connectivity index (χ4v) is 3.11. The van der Waals surface area contributed by atoms with Crippen molar-refractivity contribution in [3.05, 3.63) is 69.0 Å². The van der Waals surface area contributed by atoms with Crippen LogP contribution in [0.1, 0.15) is 25.5 Å². The number of aromatic nitrogens is 6. The van der Waals surface area contributed by atoms with Gasteiger partial charge in [-0.1, -0.05) is 6.07 Å². The second-order valence-corrected chi connectivity index (χ2v) is 6.87. The Morgan fingerprint density at radius 3 is 2.69 bits per heavy atom. The number of pyridine rings is 1. The molecule has 3 heterocycles. The second kappa shape index (κ2) is 6.89. The van der Waals surface area contributed by atoms with Crippen LogP contribution in [0.4, 0.5) is 5.69 Å². The third-order valence-electron chi connectivity index (χ3n) is 4.61. The number of nitro groups is 1. The lowest BCUT2D eigenvalue weighted by Gasteiger charge is -2.11. The number of benzene rings is 1. The summed E-state index contributed by atoms with van der Waals surface area (Å²) < 4.78 is 3.14. The molecule has 0 amide bonds. The van der Waals surface area contributed by atoms with Gasteiger partial charge in [0.25, 0.3) is 11.2 Å². The number of nitro benzene ring substituents is 1. The van der Waals surface area contributed by atoms with E-state index in [4.69, 9.17) is 0 Å². The van der Waals surface area contributed by atoms with E-state index in [0.717, 1.165) is 0 Å². The maximum absolute atomic E-state index is 13.0. The molecule has 0 aliphatic heterocycles. The van der Waals surface area contributed by atoms with Crippen LogP contribution in [0.5, 0.6) is 0 Å². The average Bonchev–Trinajstić information content (AvgIpc) is 3.18. The number of hydrogen-bond acceptors (Lipinski definition) is 7. The van der Waals surface area contributed by atoms with E-state index in [2.05, 4.69) is 20.2 Å². The number of rotatable bonds is 4. The van der Waals surface area contributed by atoms with Gasteiger partial charge in [-0.15, -0.1) is 10.2 Å². The molecule has 0 saturated carbocycles. The summed E-state index contributed by atoms with van der Waals surface area (Å²) in [4.78, 5) is 32.6. The van der Waals surface area contributed by atoms with Gasteiger partial charge < -0.3 is 4.57 Å². The molecule has 0 aliphatic rings. The van der Waals surface area contributed by atoms with Gasteiger partial charge in [0.1, 0.15) is 24.2 Å². The van der Waals surface area contributed by atoms with Crippen LogP contribution in [0.3, 0.4) is 0 Å². The summed E-state index contributed by atoms with van der Waals surface area (Å²) >= 11 is 0. The zero-order valence-electron chi connectivity index (χ0n) is 16.0. The summed E-state index contributed by atoms with van der Waals surface area (Å²) in [5.41, 5.74) is 0.829. The highest BCUT2D eigenvalue weighted by Crippen LogP contribution is 2.23. The van der Waals surface area contributed by atoms with Crippen molar-refractivity contribution in [2.75, 3.05) is 0 Å². The molecule has 0 radical (unpaired) electrons. The van der Waals surface area contributed by atoms with Crippen molar-refractivity contribution < 1.29 is 4.92 Å². The molecule has 0 N–H and O–H groups in total. The van der Waals surface area contributed by atoms with Gasteiger partial charge in [0, 0.05) is 17.7 Å². The average molecular weight is 391 g/mol. The Labute approximate surface area is 164 Å². The Balaban J connectivity index is 1.88. The maximum atomic E-state index is 13.0. The van der Waals surface area contributed by atoms with Gasteiger partial charge in [-0.3, -0.25) is 19.5 Å². The third kappa shape index (κ3) is 3.14. The first-order valence-electron chi connectivity index (χ1n) is 8.90. The molecule has 10 heteroatoms. The molecule has 0 saturated heterocycles. The molecular weight excluding hydrogens is 374 g/mol. The zero-order valence-corrected chi connectivity index (χ0v) is 16.0. The van der Waals surface area contributed by atoms with Crippen LogP contribution < -0.4 is 5.56 Å². The minimum atomic E-state index is -0.511. The van der Waals surface area contributed by atoms with Gasteiger partial charge in [0.15, 0.2) is 5.82 Å². The SMILES string of the molecule is Cc1cc2ncn(-c3cccc(-c4nncn4C(C)C)n3)c(=O)c2cc1[N+](=O)[O-]. The van der Waals surface area contributed by atoms with Crippen molar-refractivity contribution in [1.82, 2.24) is 29.3 Å². The molecule has 0 bridgehead atoms. The summed E-state index contributed by atoms with van der Waals surface area (Å²) in [6, 6.07) is 8.13. The van der Waals surface area contributed by atoms with Gasteiger partial charge in [0.05, 0.1) is 15.8 Å². The van der Waals surface area contributed by atoms with E-state index < -0.39 is 10.5 Å². The molecule has 0 spiro atoms. The Bertz CT molecular complexity index is 1310. The highest BCUT2D eigenvalue weighted by molar-refractivity contribution is 5.81. The van der Waals surface area contributed by atoms with Crippen LogP contribution >= 0.6 is 0 Å². The van der Waals surface area contributed by atoms with Gasteiger partial charge in [-0.05, 0) is 39.0 Å². The molecule has 10 nitrogen and oxygen atoms in total. The van der Waals surface area contributed by atoms with Crippen molar-refractivity contribution in [2.45, 2.75) is 26.8 Å². The molecule has 4 rings (SSSR count). The fraction of sp³-hybridized carbons (Fsp3) is 0.211. The van der Waals surface area contributed by atoms with Crippen LogP contribution in [-0.2, 0) is 0 Å². The number of fused-ring (bicyclic) bond motifs is 1. The van der Waals surface area contributed by atoms with Gasteiger partial charge in [-0.2, -0.15) is 0 Å². The largest absolute Gasteiger partial charge is 0.310 e. The summed E-state index contributed by atoms with van der Waals surface area (Å²) in [6.45, 7) is 5.62. The third-order valence-corrected chi connectivity index (χ3v) is 4.61. The first-order valence-corrected chi connectivity index (χ1v) is 8.90.